The van der Waals surface area contributed by atoms with E-state index in [4.69, 9.17) is 22.1 Å². The smallest absolute Gasteiger partial charge is 0.137 e. The van der Waals surface area contributed by atoms with Gasteiger partial charge in [0, 0.05) is 6.54 Å². The Balaban J connectivity index is 2.51. The average Bonchev–Trinajstić information content (AvgIpc) is 2.38. The lowest BCUT2D eigenvalue weighted by atomic mass is 9.99. The van der Waals surface area contributed by atoms with Gasteiger partial charge in [-0.3, -0.25) is 0 Å². The van der Waals surface area contributed by atoms with Gasteiger partial charge in [0.1, 0.15) is 11.6 Å². The number of halogens is 2. The zero-order valence-corrected chi connectivity index (χ0v) is 10.7. The predicted molar refractivity (Wildman–Crippen MR) is 71.3 cm³/mol. The molecule has 2 N–H and O–H groups in total. The number of nitrogens with two attached hydrogens (primary N) is 1. The maximum Gasteiger partial charge on any atom is 0.137 e. The Kier molecular flexibility index (Phi) is 3.84. The van der Waals surface area contributed by atoms with Crippen LogP contribution in [-0.2, 0) is 6.54 Å². The maximum atomic E-state index is 13.1. The number of ether oxygens (including phenoxy) is 1. The quantitative estimate of drug-likeness (QED) is 0.920. The minimum absolute atomic E-state index is 0.275. The van der Waals surface area contributed by atoms with E-state index < -0.39 is 0 Å². The molecular formula is C14H13ClFNO. The zero-order valence-electron chi connectivity index (χ0n) is 9.91. The van der Waals surface area contributed by atoms with Gasteiger partial charge >= 0.3 is 0 Å². The van der Waals surface area contributed by atoms with Gasteiger partial charge in [0.25, 0.3) is 0 Å². The van der Waals surface area contributed by atoms with Gasteiger partial charge in [-0.15, -0.1) is 0 Å². The summed E-state index contributed by atoms with van der Waals surface area (Å²) in [5.74, 6) is 0.315. The average molecular weight is 266 g/mol. The van der Waals surface area contributed by atoms with Crippen LogP contribution in [0.2, 0.25) is 5.02 Å². The summed E-state index contributed by atoms with van der Waals surface area (Å²) >= 11 is 6.08. The molecule has 2 aromatic rings. The maximum absolute atomic E-state index is 13.1. The van der Waals surface area contributed by atoms with Gasteiger partial charge in [0.05, 0.1) is 12.1 Å². The highest BCUT2D eigenvalue weighted by Crippen LogP contribution is 2.31. The van der Waals surface area contributed by atoms with E-state index in [0.29, 0.717) is 10.8 Å². The molecule has 4 heteroatoms. The lowest BCUT2D eigenvalue weighted by molar-refractivity contribution is 0.415. The molecule has 0 aliphatic heterocycles. The predicted octanol–water partition coefficient (Wildman–Crippen LogP) is 3.61. The van der Waals surface area contributed by atoms with E-state index in [9.17, 15) is 4.39 Å². The fourth-order valence-corrected chi connectivity index (χ4v) is 2.10. The number of methoxy groups -OCH3 is 1. The van der Waals surface area contributed by atoms with Gasteiger partial charge in [-0.1, -0.05) is 23.7 Å². The highest BCUT2D eigenvalue weighted by Gasteiger charge is 2.08. The molecule has 18 heavy (non-hydrogen) atoms. The molecule has 0 heterocycles. The largest absolute Gasteiger partial charge is 0.495 e. The van der Waals surface area contributed by atoms with Crippen molar-refractivity contribution in [3.8, 4) is 16.9 Å². The second-order valence-corrected chi connectivity index (χ2v) is 4.26. The lowest BCUT2D eigenvalue weighted by Crippen LogP contribution is -1.99. The summed E-state index contributed by atoms with van der Waals surface area (Å²) in [7, 11) is 1.56. The molecule has 2 aromatic carbocycles. The topological polar surface area (TPSA) is 35.2 Å². The van der Waals surface area contributed by atoms with Gasteiger partial charge < -0.3 is 10.5 Å². The van der Waals surface area contributed by atoms with Crippen molar-refractivity contribution in [1.82, 2.24) is 0 Å². The zero-order chi connectivity index (χ0) is 13.1. The Labute approximate surface area is 110 Å². The second kappa shape index (κ2) is 5.38. The Hall–Kier alpha value is -1.58. The van der Waals surface area contributed by atoms with Crippen molar-refractivity contribution in [2.24, 2.45) is 5.73 Å². The standard InChI is InChI=1S/C14H13ClFNO/c1-18-14-5-2-9(7-13(14)15)12-4-3-11(16)6-10(12)8-17/h2-7H,8,17H2,1H3. The molecule has 0 aromatic heterocycles. The first-order valence-electron chi connectivity index (χ1n) is 5.48. The second-order valence-electron chi connectivity index (χ2n) is 3.85. The van der Waals surface area contributed by atoms with Crippen molar-refractivity contribution in [3.63, 3.8) is 0 Å². The normalized spacial score (nSPS) is 10.4. The Morgan fingerprint density at radius 1 is 1.22 bits per heavy atom. The Bertz CT molecular complexity index is 572. The van der Waals surface area contributed by atoms with Crippen LogP contribution in [0.15, 0.2) is 36.4 Å². The molecule has 0 fully saturated rings. The van der Waals surface area contributed by atoms with E-state index >= 15 is 0 Å². The fourth-order valence-electron chi connectivity index (χ4n) is 1.85. The lowest BCUT2D eigenvalue weighted by Gasteiger charge is -2.10. The monoisotopic (exact) mass is 265 g/mol. The highest BCUT2D eigenvalue weighted by molar-refractivity contribution is 6.32. The molecule has 0 bridgehead atoms. The number of hydrogen-bond acceptors (Lipinski definition) is 2. The van der Waals surface area contributed by atoms with Crippen LogP contribution < -0.4 is 10.5 Å². The molecule has 0 spiro atoms. The Morgan fingerprint density at radius 2 is 2.00 bits per heavy atom. The van der Waals surface area contributed by atoms with E-state index in [2.05, 4.69) is 0 Å². The molecule has 0 aliphatic carbocycles. The van der Waals surface area contributed by atoms with Crippen molar-refractivity contribution in [3.05, 3.63) is 52.8 Å². The van der Waals surface area contributed by atoms with E-state index in [-0.39, 0.29) is 12.4 Å². The van der Waals surface area contributed by atoms with Crippen LogP contribution in [0.5, 0.6) is 5.75 Å². The fraction of sp³-hybridized carbons (Fsp3) is 0.143. The molecule has 0 saturated heterocycles. The van der Waals surface area contributed by atoms with Crippen LogP contribution in [0.25, 0.3) is 11.1 Å². The molecule has 0 atom stereocenters. The van der Waals surface area contributed by atoms with Crippen LogP contribution in [0.4, 0.5) is 4.39 Å². The summed E-state index contributed by atoms with van der Waals surface area (Å²) in [4.78, 5) is 0. The Morgan fingerprint density at radius 3 is 2.61 bits per heavy atom. The van der Waals surface area contributed by atoms with Crippen molar-refractivity contribution < 1.29 is 9.13 Å². The first kappa shape index (κ1) is 12.9. The van der Waals surface area contributed by atoms with Crippen molar-refractivity contribution in [1.29, 1.82) is 0 Å². The summed E-state index contributed by atoms with van der Waals surface area (Å²) in [6.07, 6.45) is 0. The van der Waals surface area contributed by atoms with Gasteiger partial charge in [-0.25, -0.2) is 4.39 Å². The molecule has 0 aliphatic rings. The molecule has 0 radical (unpaired) electrons. The van der Waals surface area contributed by atoms with Crippen LogP contribution in [0.1, 0.15) is 5.56 Å². The molecule has 2 nitrogen and oxygen atoms in total. The van der Waals surface area contributed by atoms with E-state index in [0.717, 1.165) is 16.7 Å². The van der Waals surface area contributed by atoms with Gasteiger partial charge in [0.15, 0.2) is 0 Å². The number of benzene rings is 2. The highest BCUT2D eigenvalue weighted by atomic mass is 35.5. The summed E-state index contributed by atoms with van der Waals surface area (Å²) in [6, 6.07) is 9.99. The number of hydrogen-bond donors (Lipinski definition) is 1. The third-order valence-electron chi connectivity index (χ3n) is 2.75. The molecular weight excluding hydrogens is 253 g/mol. The van der Waals surface area contributed by atoms with Crippen molar-refractivity contribution in [2.75, 3.05) is 7.11 Å². The van der Waals surface area contributed by atoms with E-state index in [1.54, 1.807) is 25.3 Å². The summed E-state index contributed by atoms with van der Waals surface area (Å²) in [5, 5.41) is 0.516. The summed E-state index contributed by atoms with van der Waals surface area (Å²) in [6.45, 7) is 0.275. The van der Waals surface area contributed by atoms with Crippen molar-refractivity contribution >= 4 is 11.6 Å². The first-order chi connectivity index (χ1) is 8.65. The first-order valence-corrected chi connectivity index (χ1v) is 5.86. The van der Waals surface area contributed by atoms with Crippen molar-refractivity contribution in [2.45, 2.75) is 6.54 Å². The molecule has 0 saturated carbocycles. The third-order valence-corrected chi connectivity index (χ3v) is 3.05. The molecule has 0 amide bonds. The van der Waals surface area contributed by atoms with E-state index in [1.165, 1.54) is 12.1 Å². The minimum Gasteiger partial charge on any atom is -0.495 e. The van der Waals surface area contributed by atoms with Gasteiger partial charge in [-0.05, 0) is 41.0 Å². The van der Waals surface area contributed by atoms with Gasteiger partial charge in [0.2, 0.25) is 0 Å². The number of rotatable bonds is 3. The van der Waals surface area contributed by atoms with Gasteiger partial charge in [-0.2, -0.15) is 0 Å². The third kappa shape index (κ3) is 2.47. The SMILES string of the molecule is COc1ccc(-c2ccc(F)cc2CN)cc1Cl. The molecule has 0 unspecified atom stereocenters. The van der Waals surface area contributed by atoms with Crippen LogP contribution in [0, 0.1) is 5.82 Å². The van der Waals surface area contributed by atoms with Crippen LogP contribution >= 0.6 is 11.6 Å². The van der Waals surface area contributed by atoms with E-state index in [1.807, 2.05) is 6.07 Å². The summed E-state index contributed by atoms with van der Waals surface area (Å²) in [5.41, 5.74) is 8.14. The minimum atomic E-state index is -0.293. The molecule has 2 rings (SSSR count). The molecule has 94 valence electrons. The van der Waals surface area contributed by atoms with Crippen LogP contribution in [0.3, 0.4) is 0 Å². The van der Waals surface area contributed by atoms with Crippen LogP contribution in [-0.4, -0.2) is 7.11 Å². The summed E-state index contributed by atoms with van der Waals surface area (Å²) < 4.78 is 18.2.